The van der Waals surface area contributed by atoms with Gasteiger partial charge in [0.05, 0.1) is 25.3 Å². The van der Waals surface area contributed by atoms with E-state index in [1.165, 1.54) is 0 Å². The first kappa shape index (κ1) is 14.6. The van der Waals surface area contributed by atoms with Crippen LogP contribution in [0.5, 0.6) is 5.75 Å². The number of nitrogens with two attached hydrogens (primary N) is 1. The molecule has 1 heterocycles. The first-order chi connectivity index (χ1) is 9.17. The van der Waals surface area contributed by atoms with E-state index in [1.54, 1.807) is 7.11 Å². The third-order valence-corrected chi connectivity index (χ3v) is 3.90. The van der Waals surface area contributed by atoms with Crippen molar-refractivity contribution in [1.29, 1.82) is 0 Å². The first-order valence-corrected chi connectivity index (χ1v) is 6.92. The van der Waals surface area contributed by atoms with E-state index in [4.69, 9.17) is 26.8 Å². The van der Waals surface area contributed by atoms with E-state index < -0.39 is 0 Å². The molecule has 0 saturated carbocycles. The second-order valence-corrected chi connectivity index (χ2v) is 5.21. The average Bonchev–Trinajstić information content (AvgIpc) is 2.42. The zero-order valence-electron chi connectivity index (χ0n) is 11.4. The minimum Gasteiger partial charge on any atom is -0.495 e. The lowest BCUT2D eigenvalue weighted by atomic mass is 10.0. The Kier molecular flexibility index (Phi) is 5.05. The van der Waals surface area contributed by atoms with Gasteiger partial charge in [-0.3, -0.25) is 4.90 Å². The lowest BCUT2D eigenvalue weighted by Crippen LogP contribution is -2.47. The predicted molar refractivity (Wildman–Crippen MR) is 76.8 cm³/mol. The highest BCUT2D eigenvalue weighted by atomic mass is 35.5. The van der Waals surface area contributed by atoms with E-state index in [0.717, 1.165) is 25.3 Å². The molecule has 2 rings (SSSR count). The molecule has 2 atom stereocenters. The largest absolute Gasteiger partial charge is 0.495 e. The van der Waals surface area contributed by atoms with E-state index in [-0.39, 0.29) is 6.04 Å². The van der Waals surface area contributed by atoms with Gasteiger partial charge in [-0.2, -0.15) is 0 Å². The summed E-state index contributed by atoms with van der Waals surface area (Å²) in [7, 11) is 1.62. The smallest absolute Gasteiger partial charge is 0.137 e. The Morgan fingerprint density at radius 1 is 1.58 bits per heavy atom. The summed E-state index contributed by atoms with van der Waals surface area (Å²) in [5.74, 6) is 0.691. The van der Waals surface area contributed by atoms with E-state index in [2.05, 4.69) is 11.8 Å². The predicted octanol–water partition coefficient (Wildman–Crippen LogP) is 2.07. The van der Waals surface area contributed by atoms with Crippen molar-refractivity contribution in [2.24, 2.45) is 5.73 Å². The minimum absolute atomic E-state index is 0.169. The molecule has 0 amide bonds. The number of hydrogen-bond donors (Lipinski definition) is 1. The van der Waals surface area contributed by atoms with E-state index in [9.17, 15) is 0 Å². The summed E-state index contributed by atoms with van der Waals surface area (Å²) in [6.45, 7) is 5.12. The van der Waals surface area contributed by atoms with Gasteiger partial charge in [0.1, 0.15) is 5.75 Å². The summed E-state index contributed by atoms with van der Waals surface area (Å²) in [6.07, 6.45) is 0. The van der Waals surface area contributed by atoms with Gasteiger partial charge in [0.2, 0.25) is 0 Å². The lowest BCUT2D eigenvalue weighted by molar-refractivity contribution is -0.0209. The highest BCUT2D eigenvalue weighted by Crippen LogP contribution is 2.30. The summed E-state index contributed by atoms with van der Waals surface area (Å²) < 4.78 is 10.7. The molecule has 1 fully saturated rings. The van der Waals surface area contributed by atoms with Gasteiger partial charge in [-0.25, -0.2) is 0 Å². The standard InChI is InChI=1S/C14H21ClN2O2/c1-10-9-19-6-5-17(10)13(8-16)11-3-4-14(18-2)12(15)7-11/h3-4,7,10,13H,5-6,8-9,16H2,1-2H3. The van der Waals surface area contributed by atoms with Crippen LogP contribution in [-0.4, -0.2) is 44.4 Å². The maximum atomic E-state index is 6.20. The van der Waals surface area contributed by atoms with Crippen molar-refractivity contribution in [3.8, 4) is 5.75 Å². The number of nitrogens with zero attached hydrogens (tertiary/aromatic N) is 1. The van der Waals surface area contributed by atoms with Gasteiger partial charge in [0.25, 0.3) is 0 Å². The maximum absolute atomic E-state index is 6.20. The van der Waals surface area contributed by atoms with Crippen LogP contribution in [0.4, 0.5) is 0 Å². The lowest BCUT2D eigenvalue weighted by Gasteiger charge is -2.39. The van der Waals surface area contributed by atoms with Gasteiger partial charge < -0.3 is 15.2 Å². The molecule has 1 aromatic rings. The molecule has 4 nitrogen and oxygen atoms in total. The van der Waals surface area contributed by atoms with Crippen LogP contribution < -0.4 is 10.5 Å². The maximum Gasteiger partial charge on any atom is 0.137 e. The molecule has 2 unspecified atom stereocenters. The third-order valence-electron chi connectivity index (χ3n) is 3.60. The van der Waals surface area contributed by atoms with Crippen molar-refractivity contribution >= 4 is 11.6 Å². The summed E-state index contributed by atoms with van der Waals surface area (Å²) in [6, 6.07) is 6.40. The summed E-state index contributed by atoms with van der Waals surface area (Å²) in [5.41, 5.74) is 7.09. The van der Waals surface area contributed by atoms with Gasteiger partial charge in [-0.1, -0.05) is 17.7 Å². The fourth-order valence-electron chi connectivity index (χ4n) is 2.56. The molecule has 106 valence electrons. The Morgan fingerprint density at radius 3 is 2.95 bits per heavy atom. The molecule has 2 N–H and O–H groups in total. The van der Waals surface area contributed by atoms with Gasteiger partial charge in [0, 0.05) is 25.2 Å². The van der Waals surface area contributed by atoms with Crippen molar-refractivity contribution in [3.63, 3.8) is 0 Å². The number of halogens is 1. The highest BCUT2D eigenvalue weighted by molar-refractivity contribution is 6.32. The van der Waals surface area contributed by atoms with Crippen LogP contribution in [0.2, 0.25) is 5.02 Å². The second-order valence-electron chi connectivity index (χ2n) is 4.81. The van der Waals surface area contributed by atoms with Crippen LogP contribution in [0.25, 0.3) is 0 Å². The summed E-state index contributed by atoms with van der Waals surface area (Å²) in [4.78, 5) is 2.38. The van der Waals surface area contributed by atoms with Crippen molar-refractivity contribution in [1.82, 2.24) is 4.90 Å². The van der Waals surface area contributed by atoms with Crippen LogP contribution in [0.15, 0.2) is 18.2 Å². The molecule has 1 aliphatic rings. The molecule has 0 aliphatic carbocycles. The molecule has 0 bridgehead atoms. The number of morpholine rings is 1. The molecule has 1 aromatic carbocycles. The van der Waals surface area contributed by atoms with Crippen LogP contribution >= 0.6 is 11.6 Å². The Labute approximate surface area is 119 Å². The van der Waals surface area contributed by atoms with Crippen LogP contribution in [0.1, 0.15) is 18.5 Å². The third kappa shape index (κ3) is 3.20. The molecule has 1 saturated heterocycles. The zero-order chi connectivity index (χ0) is 13.8. The van der Waals surface area contributed by atoms with E-state index >= 15 is 0 Å². The van der Waals surface area contributed by atoms with Crippen molar-refractivity contribution in [3.05, 3.63) is 28.8 Å². The average molecular weight is 285 g/mol. The molecule has 19 heavy (non-hydrogen) atoms. The quantitative estimate of drug-likeness (QED) is 0.919. The second kappa shape index (κ2) is 6.57. The van der Waals surface area contributed by atoms with Crippen molar-refractivity contribution in [2.45, 2.75) is 19.0 Å². The number of methoxy groups -OCH3 is 1. The minimum atomic E-state index is 0.169. The summed E-state index contributed by atoms with van der Waals surface area (Å²) in [5, 5.41) is 0.624. The Balaban J connectivity index is 2.23. The fraction of sp³-hybridized carbons (Fsp3) is 0.571. The molecule has 1 aliphatic heterocycles. The van der Waals surface area contributed by atoms with Crippen LogP contribution in [-0.2, 0) is 4.74 Å². The molecule has 0 spiro atoms. The summed E-state index contributed by atoms with van der Waals surface area (Å²) >= 11 is 6.20. The molecule has 5 heteroatoms. The van der Waals surface area contributed by atoms with E-state index in [1.807, 2.05) is 18.2 Å². The Bertz CT molecular complexity index is 428. The molecule has 0 aromatic heterocycles. The van der Waals surface area contributed by atoms with Crippen LogP contribution in [0, 0.1) is 0 Å². The molecule has 0 radical (unpaired) electrons. The van der Waals surface area contributed by atoms with Crippen molar-refractivity contribution in [2.75, 3.05) is 33.4 Å². The number of rotatable bonds is 4. The highest BCUT2D eigenvalue weighted by Gasteiger charge is 2.27. The van der Waals surface area contributed by atoms with Gasteiger partial charge in [-0.15, -0.1) is 0 Å². The number of hydrogen-bond acceptors (Lipinski definition) is 4. The fourth-order valence-corrected chi connectivity index (χ4v) is 2.82. The Morgan fingerprint density at radius 2 is 2.37 bits per heavy atom. The molecular formula is C14H21ClN2O2. The van der Waals surface area contributed by atoms with E-state index in [0.29, 0.717) is 23.4 Å². The SMILES string of the molecule is COc1ccc(C(CN)N2CCOCC2C)cc1Cl. The first-order valence-electron chi connectivity index (χ1n) is 6.54. The van der Waals surface area contributed by atoms with Gasteiger partial charge in [-0.05, 0) is 24.6 Å². The van der Waals surface area contributed by atoms with Gasteiger partial charge in [0.15, 0.2) is 0 Å². The Hall–Kier alpha value is -0.810. The molecular weight excluding hydrogens is 264 g/mol. The number of benzene rings is 1. The number of ether oxygens (including phenoxy) is 2. The van der Waals surface area contributed by atoms with Crippen LogP contribution in [0.3, 0.4) is 0 Å². The monoisotopic (exact) mass is 284 g/mol. The zero-order valence-corrected chi connectivity index (χ0v) is 12.2. The van der Waals surface area contributed by atoms with Gasteiger partial charge >= 0.3 is 0 Å². The van der Waals surface area contributed by atoms with Crippen molar-refractivity contribution < 1.29 is 9.47 Å². The normalized spacial score (nSPS) is 22.2. The topological polar surface area (TPSA) is 47.7 Å².